The number of piperidine rings is 1. The maximum atomic E-state index is 14.9. The van der Waals surface area contributed by atoms with E-state index in [0.29, 0.717) is 17.8 Å². The number of nitrogens with zero attached hydrogens (tertiary/aromatic N) is 3. The zero-order valence-corrected chi connectivity index (χ0v) is 18.4. The molecule has 12 heteroatoms. The number of rotatable bonds is 4. The summed E-state index contributed by atoms with van der Waals surface area (Å²) < 4.78 is 55.8. The van der Waals surface area contributed by atoms with E-state index in [1.54, 1.807) is 30.3 Å². The fraction of sp³-hybridized carbons (Fsp3) is 0.167. The van der Waals surface area contributed by atoms with Crippen LogP contribution in [-0.2, 0) is 11.0 Å². The Morgan fingerprint density at radius 1 is 1.08 bits per heavy atom. The van der Waals surface area contributed by atoms with E-state index in [1.807, 2.05) is 0 Å². The molecule has 0 aliphatic carbocycles. The number of nitrogens with one attached hydrogen (secondary N) is 3. The van der Waals surface area contributed by atoms with Gasteiger partial charge >= 0.3 is 6.18 Å². The number of para-hydroxylation sites is 1. The standard InChI is InChI=1S/C24H18F4N6O2/c25-17-12-16(24(26,27)28)14(21-29-9-4-10-30-21)11-15(17)23(36)32-22-20-18(7-8-19(35)31-20)33-34(22)13-5-2-1-3-6-13/h1-6,9-12,18,33H,7-8H2,(H,31,35)(H,32,36). The molecule has 2 aromatic carbocycles. The highest BCUT2D eigenvalue weighted by atomic mass is 19.4. The van der Waals surface area contributed by atoms with Gasteiger partial charge in [0.05, 0.1) is 28.6 Å². The van der Waals surface area contributed by atoms with Gasteiger partial charge in [0.25, 0.3) is 5.91 Å². The maximum absolute atomic E-state index is 14.9. The minimum atomic E-state index is -4.91. The number of aromatic nitrogens is 2. The summed E-state index contributed by atoms with van der Waals surface area (Å²) in [6.45, 7) is 0. The van der Waals surface area contributed by atoms with Gasteiger partial charge in [0, 0.05) is 24.4 Å². The highest BCUT2D eigenvalue weighted by Crippen LogP contribution is 2.37. The van der Waals surface area contributed by atoms with Crippen LogP contribution in [0.2, 0.25) is 0 Å². The topological polar surface area (TPSA) is 99.3 Å². The molecule has 3 N–H and O–H groups in total. The minimum Gasteiger partial charge on any atom is -0.325 e. The van der Waals surface area contributed by atoms with Gasteiger partial charge in [-0.3, -0.25) is 14.6 Å². The van der Waals surface area contributed by atoms with E-state index < -0.39 is 34.6 Å². The molecule has 2 amide bonds. The molecule has 0 spiro atoms. The molecular weight excluding hydrogens is 480 g/mol. The lowest BCUT2D eigenvalue weighted by Crippen LogP contribution is -2.43. The first-order valence-electron chi connectivity index (χ1n) is 10.9. The van der Waals surface area contributed by atoms with Gasteiger partial charge in [0.15, 0.2) is 5.82 Å². The number of amides is 2. The number of fused-ring (bicyclic) bond motifs is 1. The van der Waals surface area contributed by atoms with Crippen LogP contribution in [0, 0.1) is 5.82 Å². The molecule has 1 atom stereocenters. The Morgan fingerprint density at radius 3 is 2.50 bits per heavy atom. The van der Waals surface area contributed by atoms with Crippen LogP contribution in [0.25, 0.3) is 11.4 Å². The molecule has 184 valence electrons. The van der Waals surface area contributed by atoms with E-state index in [-0.39, 0.29) is 36.1 Å². The van der Waals surface area contributed by atoms with Crippen molar-refractivity contribution in [2.24, 2.45) is 0 Å². The predicted molar refractivity (Wildman–Crippen MR) is 120 cm³/mol. The van der Waals surface area contributed by atoms with E-state index in [1.165, 1.54) is 23.5 Å². The van der Waals surface area contributed by atoms with Crippen molar-refractivity contribution in [1.29, 1.82) is 0 Å². The van der Waals surface area contributed by atoms with Crippen molar-refractivity contribution in [3.8, 4) is 11.4 Å². The normalized spacial score (nSPS) is 17.6. The zero-order chi connectivity index (χ0) is 25.4. The quantitative estimate of drug-likeness (QED) is 0.477. The second kappa shape index (κ2) is 9.04. The summed E-state index contributed by atoms with van der Waals surface area (Å²) in [5.41, 5.74) is 1.69. The first kappa shape index (κ1) is 23.4. The molecule has 3 aromatic rings. The molecular formula is C24H18F4N6O2. The van der Waals surface area contributed by atoms with E-state index in [9.17, 15) is 27.2 Å². The fourth-order valence-electron chi connectivity index (χ4n) is 4.10. The van der Waals surface area contributed by atoms with Gasteiger partial charge in [-0.05, 0) is 36.8 Å². The van der Waals surface area contributed by atoms with E-state index in [2.05, 4.69) is 26.0 Å². The second-order valence-corrected chi connectivity index (χ2v) is 8.10. The van der Waals surface area contributed by atoms with Crippen LogP contribution >= 0.6 is 0 Å². The minimum absolute atomic E-state index is 0.140. The first-order valence-corrected chi connectivity index (χ1v) is 10.9. The highest BCUT2D eigenvalue weighted by molar-refractivity contribution is 5.97. The number of carbonyl (C=O) groups excluding carboxylic acids is 2. The summed E-state index contributed by atoms with van der Waals surface area (Å²) in [6.07, 6.45) is -1.71. The van der Waals surface area contributed by atoms with Gasteiger partial charge in [-0.2, -0.15) is 13.2 Å². The van der Waals surface area contributed by atoms with Crippen molar-refractivity contribution >= 4 is 17.5 Å². The Balaban J connectivity index is 1.56. The maximum Gasteiger partial charge on any atom is 0.417 e. The average molecular weight is 498 g/mol. The largest absolute Gasteiger partial charge is 0.417 e. The lowest BCUT2D eigenvalue weighted by atomic mass is 10.0. The van der Waals surface area contributed by atoms with Crippen molar-refractivity contribution in [2.75, 3.05) is 5.01 Å². The Bertz CT molecular complexity index is 1360. The van der Waals surface area contributed by atoms with Gasteiger partial charge in [-0.25, -0.2) is 19.8 Å². The molecule has 2 aliphatic rings. The Labute approximate surface area is 202 Å². The van der Waals surface area contributed by atoms with Crippen LogP contribution in [0.5, 0.6) is 0 Å². The van der Waals surface area contributed by atoms with Gasteiger partial charge < -0.3 is 10.6 Å². The number of alkyl halides is 3. The van der Waals surface area contributed by atoms with Crippen molar-refractivity contribution in [3.05, 3.63) is 89.4 Å². The monoisotopic (exact) mass is 498 g/mol. The molecule has 5 rings (SSSR count). The van der Waals surface area contributed by atoms with Gasteiger partial charge in [0.1, 0.15) is 11.6 Å². The van der Waals surface area contributed by atoms with Crippen molar-refractivity contribution in [1.82, 2.24) is 26.0 Å². The number of hydrogen-bond acceptors (Lipinski definition) is 6. The van der Waals surface area contributed by atoms with Crippen molar-refractivity contribution in [3.63, 3.8) is 0 Å². The molecule has 2 aliphatic heterocycles. The molecule has 3 heterocycles. The lowest BCUT2D eigenvalue weighted by molar-refractivity contribution is -0.137. The molecule has 8 nitrogen and oxygen atoms in total. The molecule has 1 aromatic heterocycles. The third-order valence-corrected chi connectivity index (χ3v) is 5.76. The lowest BCUT2D eigenvalue weighted by Gasteiger charge is -2.24. The smallest absolute Gasteiger partial charge is 0.325 e. The zero-order valence-electron chi connectivity index (χ0n) is 18.4. The van der Waals surface area contributed by atoms with Crippen molar-refractivity contribution < 1.29 is 27.2 Å². The summed E-state index contributed by atoms with van der Waals surface area (Å²) in [6, 6.07) is 11.0. The highest BCUT2D eigenvalue weighted by Gasteiger charge is 2.39. The third-order valence-electron chi connectivity index (χ3n) is 5.76. The van der Waals surface area contributed by atoms with Gasteiger partial charge in [-0.15, -0.1) is 0 Å². The molecule has 36 heavy (non-hydrogen) atoms. The predicted octanol–water partition coefficient (Wildman–Crippen LogP) is 3.50. The molecule has 0 bridgehead atoms. The van der Waals surface area contributed by atoms with E-state index >= 15 is 0 Å². The summed E-state index contributed by atoms with van der Waals surface area (Å²) in [5, 5.41) is 6.83. The van der Waals surface area contributed by atoms with Gasteiger partial charge in [-0.1, -0.05) is 18.2 Å². The summed E-state index contributed by atoms with van der Waals surface area (Å²) >= 11 is 0. The number of hydrogen-bond donors (Lipinski definition) is 3. The Morgan fingerprint density at radius 2 is 1.81 bits per heavy atom. The summed E-state index contributed by atoms with van der Waals surface area (Å²) in [5.74, 6) is -2.81. The van der Waals surface area contributed by atoms with Crippen molar-refractivity contribution in [2.45, 2.75) is 25.1 Å². The second-order valence-electron chi connectivity index (χ2n) is 8.10. The average Bonchev–Trinajstić information content (AvgIpc) is 3.21. The number of hydrazine groups is 1. The van der Waals surface area contributed by atoms with Crippen LogP contribution in [0.3, 0.4) is 0 Å². The van der Waals surface area contributed by atoms with Crippen LogP contribution < -0.4 is 21.1 Å². The first-order chi connectivity index (χ1) is 17.2. The summed E-state index contributed by atoms with van der Waals surface area (Å²) in [4.78, 5) is 32.9. The molecule has 1 fully saturated rings. The molecule has 0 saturated carbocycles. The SMILES string of the molecule is O=C1CCC2NN(c3ccccc3)C(NC(=O)c3cc(-c4ncccn4)c(C(F)(F)F)cc3F)=C2N1. The van der Waals surface area contributed by atoms with Crippen LogP contribution in [0.1, 0.15) is 28.8 Å². The van der Waals surface area contributed by atoms with Crippen LogP contribution in [0.15, 0.2) is 72.4 Å². The molecule has 1 saturated heterocycles. The number of carbonyl (C=O) groups is 2. The van der Waals surface area contributed by atoms with Crippen LogP contribution in [-0.4, -0.2) is 27.8 Å². The van der Waals surface area contributed by atoms with Gasteiger partial charge in [0.2, 0.25) is 5.91 Å². The number of anilines is 1. The summed E-state index contributed by atoms with van der Waals surface area (Å²) in [7, 11) is 0. The fourth-order valence-corrected chi connectivity index (χ4v) is 4.10. The number of benzene rings is 2. The third kappa shape index (κ3) is 4.38. The molecule has 0 radical (unpaired) electrons. The van der Waals surface area contributed by atoms with Crippen LogP contribution in [0.4, 0.5) is 23.2 Å². The van der Waals surface area contributed by atoms with E-state index in [0.717, 1.165) is 6.07 Å². The number of halogens is 4. The Hall–Kier alpha value is -4.32. The Kier molecular flexibility index (Phi) is 5.88. The molecule has 1 unspecified atom stereocenters. The van der Waals surface area contributed by atoms with E-state index in [4.69, 9.17) is 0 Å².